The lowest BCUT2D eigenvalue weighted by molar-refractivity contribution is -0.156. The molecule has 3 aliphatic heterocycles. The van der Waals surface area contributed by atoms with E-state index in [4.69, 9.17) is 9.90 Å². The van der Waals surface area contributed by atoms with E-state index in [1.807, 2.05) is 0 Å². The molecule has 4 fully saturated rings. The van der Waals surface area contributed by atoms with Gasteiger partial charge in [-0.1, -0.05) is 49.6 Å². The molecule has 0 spiro atoms. The van der Waals surface area contributed by atoms with Crippen LogP contribution in [-0.4, -0.2) is 58.4 Å². The van der Waals surface area contributed by atoms with Gasteiger partial charge in [-0.05, 0) is 61.8 Å². The summed E-state index contributed by atoms with van der Waals surface area (Å²) in [5.41, 5.74) is 1.31. The highest BCUT2D eigenvalue weighted by Crippen LogP contribution is 2.43. The number of rotatable bonds is 4. The van der Waals surface area contributed by atoms with E-state index in [9.17, 15) is 9.59 Å². The van der Waals surface area contributed by atoms with Crippen LogP contribution >= 0.6 is 0 Å². The van der Waals surface area contributed by atoms with Crippen molar-refractivity contribution in [3.63, 3.8) is 0 Å². The summed E-state index contributed by atoms with van der Waals surface area (Å²) in [6.07, 6.45) is 12.1. The minimum atomic E-state index is -0.250. The van der Waals surface area contributed by atoms with Gasteiger partial charge in [0, 0.05) is 38.0 Å². The third-order valence-corrected chi connectivity index (χ3v) is 8.33. The minimum absolute atomic E-state index is 0.242. The Kier molecular flexibility index (Phi) is 8.05. The summed E-state index contributed by atoms with van der Waals surface area (Å²) in [7, 11) is 0. The summed E-state index contributed by atoms with van der Waals surface area (Å²) in [6, 6.07) is 11.2. The molecule has 5 rings (SSSR count). The van der Waals surface area contributed by atoms with Crippen molar-refractivity contribution >= 4 is 18.3 Å². The van der Waals surface area contributed by atoms with E-state index < -0.39 is 0 Å². The standard InChI is InChI=1S/C26H36N2O2.CH2O2/c29-25-13-7-12-23-21-16-22(24(28(23)25)14-19-8-3-1-4-9-19)18-27(17-21)26(30)15-20-10-5-2-6-11-20;2-1-3/h1,3-4,8-9,20-24H,2,5-7,10-18H2;1H,(H,2,3)/t21-,22+,23+,24+;/m1./s1. The van der Waals surface area contributed by atoms with E-state index >= 15 is 0 Å². The average molecular weight is 455 g/mol. The number of hydrogen-bond donors (Lipinski definition) is 1. The Morgan fingerprint density at radius 3 is 2.42 bits per heavy atom. The quantitative estimate of drug-likeness (QED) is 0.694. The largest absolute Gasteiger partial charge is 0.483 e. The fraction of sp³-hybridized carbons (Fsp3) is 0.667. The maximum Gasteiger partial charge on any atom is 0.290 e. The second kappa shape index (κ2) is 11.2. The molecular weight excluding hydrogens is 416 g/mol. The first-order valence-electron chi connectivity index (χ1n) is 12.8. The van der Waals surface area contributed by atoms with Gasteiger partial charge in [-0.15, -0.1) is 0 Å². The Hall–Kier alpha value is -2.37. The number of amides is 2. The molecule has 0 unspecified atom stereocenters. The molecule has 180 valence electrons. The van der Waals surface area contributed by atoms with Crippen LogP contribution in [-0.2, 0) is 20.8 Å². The van der Waals surface area contributed by atoms with Gasteiger partial charge in [0.2, 0.25) is 11.8 Å². The number of likely N-dealkylation sites (tertiary alicyclic amines) is 1. The fourth-order valence-electron chi connectivity index (χ4n) is 6.86. The molecular formula is C27H38N2O4. The molecule has 3 heterocycles. The molecule has 1 aliphatic carbocycles. The average Bonchev–Trinajstić information content (AvgIpc) is 2.83. The Balaban J connectivity index is 0.000000821. The lowest BCUT2D eigenvalue weighted by Crippen LogP contribution is -2.66. The van der Waals surface area contributed by atoms with Gasteiger partial charge in [0.25, 0.3) is 6.47 Å². The van der Waals surface area contributed by atoms with Crippen molar-refractivity contribution in [2.75, 3.05) is 13.1 Å². The molecule has 3 saturated heterocycles. The highest BCUT2D eigenvalue weighted by atomic mass is 16.3. The van der Waals surface area contributed by atoms with E-state index in [1.54, 1.807) is 0 Å². The zero-order valence-electron chi connectivity index (χ0n) is 19.6. The van der Waals surface area contributed by atoms with Crippen LogP contribution in [0.25, 0.3) is 0 Å². The molecule has 1 N–H and O–H groups in total. The monoisotopic (exact) mass is 454 g/mol. The summed E-state index contributed by atoms with van der Waals surface area (Å²) in [5, 5.41) is 6.89. The lowest BCUT2D eigenvalue weighted by Gasteiger charge is -2.56. The smallest absolute Gasteiger partial charge is 0.290 e. The Bertz CT molecular complexity index is 808. The first-order valence-corrected chi connectivity index (χ1v) is 12.8. The zero-order chi connectivity index (χ0) is 23.2. The molecule has 6 heteroatoms. The molecule has 2 amide bonds. The maximum absolute atomic E-state index is 13.2. The van der Waals surface area contributed by atoms with Gasteiger partial charge in [-0.25, -0.2) is 0 Å². The van der Waals surface area contributed by atoms with E-state index in [0.29, 0.717) is 42.0 Å². The Morgan fingerprint density at radius 2 is 1.70 bits per heavy atom. The summed E-state index contributed by atoms with van der Waals surface area (Å²) in [4.78, 5) is 39.0. The van der Waals surface area contributed by atoms with Gasteiger partial charge in [-0.3, -0.25) is 14.4 Å². The molecule has 0 aromatic heterocycles. The number of carbonyl (C=O) groups excluding carboxylic acids is 2. The number of benzene rings is 1. The van der Waals surface area contributed by atoms with E-state index in [1.165, 1.54) is 44.1 Å². The predicted molar refractivity (Wildman–Crippen MR) is 126 cm³/mol. The Morgan fingerprint density at radius 1 is 1.00 bits per heavy atom. The zero-order valence-corrected chi connectivity index (χ0v) is 19.6. The van der Waals surface area contributed by atoms with Gasteiger partial charge in [0.15, 0.2) is 0 Å². The minimum Gasteiger partial charge on any atom is -0.483 e. The number of carboxylic acid groups (broad SMARTS) is 1. The van der Waals surface area contributed by atoms with Crippen LogP contribution < -0.4 is 0 Å². The molecule has 0 radical (unpaired) electrons. The first kappa shape index (κ1) is 23.8. The van der Waals surface area contributed by atoms with Crippen molar-refractivity contribution in [1.82, 2.24) is 9.80 Å². The number of fused-ring (bicyclic) bond motifs is 4. The number of carbonyl (C=O) groups is 3. The molecule has 6 nitrogen and oxygen atoms in total. The van der Waals surface area contributed by atoms with Crippen LogP contribution in [0, 0.1) is 17.8 Å². The molecule has 1 aromatic rings. The molecule has 1 saturated carbocycles. The van der Waals surface area contributed by atoms with Crippen molar-refractivity contribution in [3.05, 3.63) is 35.9 Å². The van der Waals surface area contributed by atoms with Crippen molar-refractivity contribution < 1.29 is 19.5 Å². The second-order valence-electron chi connectivity index (χ2n) is 10.4. The van der Waals surface area contributed by atoms with Crippen LogP contribution in [0.5, 0.6) is 0 Å². The Labute approximate surface area is 197 Å². The third kappa shape index (κ3) is 5.59. The van der Waals surface area contributed by atoms with Gasteiger partial charge in [0.05, 0.1) is 0 Å². The summed E-state index contributed by atoms with van der Waals surface area (Å²) >= 11 is 0. The molecule has 4 aliphatic rings. The van der Waals surface area contributed by atoms with Crippen molar-refractivity contribution in [2.24, 2.45) is 17.8 Å². The number of hydrogen-bond acceptors (Lipinski definition) is 3. The van der Waals surface area contributed by atoms with Crippen LogP contribution in [0.4, 0.5) is 0 Å². The second-order valence-corrected chi connectivity index (χ2v) is 10.4. The first-order chi connectivity index (χ1) is 16.1. The van der Waals surface area contributed by atoms with Crippen molar-refractivity contribution in [2.45, 2.75) is 82.7 Å². The summed E-state index contributed by atoms with van der Waals surface area (Å²) in [6.45, 7) is 1.46. The van der Waals surface area contributed by atoms with Crippen LogP contribution in [0.2, 0.25) is 0 Å². The third-order valence-electron chi connectivity index (χ3n) is 8.33. The van der Waals surface area contributed by atoms with Gasteiger partial charge < -0.3 is 14.9 Å². The van der Waals surface area contributed by atoms with Crippen LogP contribution in [0.1, 0.15) is 69.8 Å². The number of piperidine rings is 3. The molecule has 1 aromatic carbocycles. The van der Waals surface area contributed by atoms with Crippen LogP contribution in [0.15, 0.2) is 30.3 Å². The lowest BCUT2D eigenvalue weighted by atomic mass is 9.70. The maximum atomic E-state index is 13.2. The predicted octanol–water partition coefficient (Wildman–Crippen LogP) is 4.13. The highest BCUT2D eigenvalue weighted by molar-refractivity contribution is 5.79. The normalized spacial score (nSPS) is 29.5. The molecule has 4 atom stereocenters. The summed E-state index contributed by atoms with van der Waals surface area (Å²) in [5.74, 6) is 2.21. The SMILES string of the molecule is O=C(CC1CCCCC1)N1C[C@H]2C[C@@H](C1)[C@H](Cc1ccccc1)N1C(=O)CCC[C@@H]21.O=CO. The van der Waals surface area contributed by atoms with Gasteiger partial charge >= 0.3 is 0 Å². The highest BCUT2D eigenvalue weighted by Gasteiger charge is 2.49. The van der Waals surface area contributed by atoms with E-state index in [-0.39, 0.29) is 12.5 Å². The fourth-order valence-corrected chi connectivity index (χ4v) is 6.86. The van der Waals surface area contributed by atoms with E-state index in [2.05, 4.69) is 40.1 Å². The van der Waals surface area contributed by atoms with Gasteiger partial charge in [-0.2, -0.15) is 0 Å². The van der Waals surface area contributed by atoms with Crippen molar-refractivity contribution in [3.8, 4) is 0 Å². The van der Waals surface area contributed by atoms with Crippen molar-refractivity contribution in [1.29, 1.82) is 0 Å². The topological polar surface area (TPSA) is 77.9 Å². The molecule has 2 bridgehead atoms. The number of nitrogens with zero attached hydrogens (tertiary/aromatic N) is 2. The molecule has 33 heavy (non-hydrogen) atoms. The summed E-state index contributed by atoms with van der Waals surface area (Å²) < 4.78 is 0. The van der Waals surface area contributed by atoms with Gasteiger partial charge in [0.1, 0.15) is 0 Å². The van der Waals surface area contributed by atoms with Crippen LogP contribution in [0.3, 0.4) is 0 Å². The van der Waals surface area contributed by atoms with E-state index in [0.717, 1.165) is 38.8 Å².